The summed E-state index contributed by atoms with van der Waals surface area (Å²) in [7, 11) is -3.94. The molecule has 0 spiro atoms. The Morgan fingerprint density at radius 2 is 1.70 bits per heavy atom. The predicted molar refractivity (Wildman–Crippen MR) is 104 cm³/mol. The molecule has 0 amide bonds. The van der Waals surface area contributed by atoms with E-state index in [9.17, 15) is 13.2 Å². The molecule has 8 heteroatoms. The number of sulfonamides is 1. The zero-order valence-corrected chi connectivity index (χ0v) is 16.9. The molecule has 0 fully saturated rings. The lowest BCUT2D eigenvalue weighted by atomic mass is 9.87. The highest BCUT2D eigenvalue weighted by Crippen LogP contribution is 2.24. The third-order valence-corrected chi connectivity index (χ3v) is 5.03. The third kappa shape index (κ3) is 5.95. The lowest BCUT2D eigenvalue weighted by Gasteiger charge is -2.19. The Labute approximate surface area is 164 Å². The van der Waals surface area contributed by atoms with Gasteiger partial charge in [-0.05, 0) is 41.3 Å². The molecule has 0 heterocycles. The second kappa shape index (κ2) is 8.29. The van der Waals surface area contributed by atoms with E-state index in [1.165, 1.54) is 17.7 Å². The molecule has 146 valence electrons. The fraction of sp³-hybridized carbons (Fsp3) is 0.316. The number of hydrogen-bond acceptors (Lipinski definition) is 5. The molecule has 27 heavy (non-hydrogen) atoms. The van der Waals surface area contributed by atoms with Gasteiger partial charge in [0.2, 0.25) is 10.0 Å². The summed E-state index contributed by atoms with van der Waals surface area (Å²) in [6.07, 6.45) is 0. The van der Waals surface area contributed by atoms with Crippen molar-refractivity contribution in [3.05, 3.63) is 58.6 Å². The summed E-state index contributed by atoms with van der Waals surface area (Å²) < 4.78 is 33.4. The molecule has 0 unspecified atom stereocenters. The number of halogens is 1. The maximum absolute atomic E-state index is 12.1. The van der Waals surface area contributed by atoms with Crippen molar-refractivity contribution in [3.63, 3.8) is 0 Å². The molecule has 2 aromatic rings. The summed E-state index contributed by atoms with van der Waals surface area (Å²) in [5, 5.41) is 5.13. The Morgan fingerprint density at radius 1 is 1.07 bits per heavy atom. The number of benzene rings is 2. The number of carbonyl (C=O) groups excluding carboxylic acids is 1. The largest absolute Gasteiger partial charge is 0.490 e. The summed E-state index contributed by atoms with van der Waals surface area (Å²) >= 11 is 5.93. The highest BCUT2D eigenvalue weighted by Gasteiger charge is 2.17. The van der Waals surface area contributed by atoms with Crippen molar-refractivity contribution in [3.8, 4) is 5.75 Å². The summed E-state index contributed by atoms with van der Waals surface area (Å²) in [6, 6.07) is 11.3. The van der Waals surface area contributed by atoms with Gasteiger partial charge in [-0.1, -0.05) is 44.5 Å². The predicted octanol–water partition coefficient (Wildman–Crippen LogP) is 3.52. The van der Waals surface area contributed by atoms with E-state index in [1.807, 2.05) is 24.3 Å². The fourth-order valence-corrected chi connectivity index (χ4v) is 3.00. The summed E-state index contributed by atoms with van der Waals surface area (Å²) in [6.45, 7) is 6.50. The highest BCUT2D eigenvalue weighted by atomic mass is 35.5. The van der Waals surface area contributed by atoms with Gasteiger partial charge in [0, 0.05) is 0 Å². The van der Waals surface area contributed by atoms with Gasteiger partial charge >= 0.3 is 5.97 Å². The number of hydrogen-bond donors (Lipinski definition) is 1. The first-order valence-corrected chi connectivity index (χ1v) is 10.1. The molecule has 0 bridgehead atoms. The maximum Gasteiger partial charge on any atom is 0.339 e. The van der Waals surface area contributed by atoms with Crippen molar-refractivity contribution >= 4 is 27.6 Å². The molecule has 2 aromatic carbocycles. The minimum atomic E-state index is -3.94. The van der Waals surface area contributed by atoms with Crippen LogP contribution < -0.4 is 9.88 Å². The smallest absolute Gasteiger partial charge is 0.339 e. The number of nitrogens with two attached hydrogens (primary N) is 1. The van der Waals surface area contributed by atoms with E-state index in [0.29, 0.717) is 5.75 Å². The second-order valence-electron chi connectivity index (χ2n) is 6.95. The van der Waals surface area contributed by atoms with Gasteiger partial charge in [0.25, 0.3) is 0 Å². The minimum Gasteiger partial charge on any atom is -0.490 e. The fourth-order valence-electron chi connectivity index (χ4n) is 2.26. The molecule has 0 saturated heterocycles. The molecular weight excluding hydrogens is 390 g/mol. The first kappa shape index (κ1) is 21.2. The maximum atomic E-state index is 12.1. The van der Waals surface area contributed by atoms with Gasteiger partial charge in [-0.15, -0.1) is 0 Å². The van der Waals surface area contributed by atoms with Crippen LogP contribution in [0.25, 0.3) is 0 Å². The van der Waals surface area contributed by atoms with Crippen LogP contribution in [-0.4, -0.2) is 27.6 Å². The van der Waals surface area contributed by atoms with E-state index >= 15 is 0 Å². The third-order valence-electron chi connectivity index (χ3n) is 3.79. The molecule has 0 aromatic heterocycles. The van der Waals surface area contributed by atoms with E-state index in [2.05, 4.69) is 20.8 Å². The van der Waals surface area contributed by atoms with Gasteiger partial charge in [0.05, 0.1) is 15.5 Å². The SMILES string of the molecule is CC(C)(C)c1ccc(OCCOC(=O)c2cc(S(N)(=O)=O)ccc2Cl)cc1. The van der Waals surface area contributed by atoms with E-state index in [0.717, 1.165) is 6.07 Å². The van der Waals surface area contributed by atoms with Gasteiger partial charge in [0.15, 0.2) is 0 Å². The molecule has 0 radical (unpaired) electrons. The average Bonchev–Trinajstić information content (AvgIpc) is 2.57. The monoisotopic (exact) mass is 411 g/mol. The van der Waals surface area contributed by atoms with Crippen LogP contribution in [0.15, 0.2) is 47.4 Å². The van der Waals surface area contributed by atoms with Gasteiger partial charge in [0.1, 0.15) is 19.0 Å². The molecule has 2 N–H and O–H groups in total. The van der Waals surface area contributed by atoms with Crippen molar-refractivity contribution in [2.75, 3.05) is 13.2 Å². The quantitative estimate of drug-likeness (QED) is 0.579. The summed E-state index contributed by atoms with van der Waals surface area (Å²) in [5.41, 5.74) is 1.17. The molecule has 0 aliphatic carbocycles. The second-order valence-corrected chi connectivity index (χ2v) is 8.91. The van der Waals surface area contributed by atoms with E-state index in [4.69, 9.17) is 26.2 Å². The molecule has 0 saturated carbocycles. The van der Waals surface area contributed by atoms with Crippen LogP contribution >= 0.6 is 11.6 Å². The van der Waals surface area contributed by atoms with Crippen molar-refractivity contribution in [1.29, 1.82) is 0 Å². The normalized spacial score (nSPS) is 11.9. The van der Waals surface area contributed by atoms with Crippen molar-refractivity contribution in [2.45, 2.75) is 31.1 Å². The van der Waals surface area contributed by atoms with Crippen LogP contribution in [-0.2, 0) is 20.2 Å². The molecule has 0 aliphatic heterocycles. The molecule has 0 aliphatic rings. The van der Waals surface area contributed by atoms with Crippen LogP contribution in [0.5, 0.6) is 5.75 Å². The van der Waals surface area contributed by atoms with Crippen molar-refractivity contribution in [1.82, 2.24) is 0 Å². The number of primary sulfonamides is 1. The Bertz CT molecular complexity index is 918. The lowest BCUT2D eigenvalue weighted by Crippen LogP contribution is -2.16. The molecule has 0 atom stereocenters. The van der Waals surface area contributed by atoms with Crippen LogP contribution in [0, 0.1) is 0 Å². The Kier molecular flexibility index (Phi) is 6.51. The average molecular weight is 412 g/mol. The van der Waals surface area contributed by atoms with Crippen LogP contribution in [0.2, 0.25) is 5.02 Å². The van der Waals surface area contributed by atoms with Gasteiger partial charge in [-0.3, -0.25) is 0 Å². The van der Waals surface area contributed by atoms with Crippen molar-refractivity contribution < 1.29 is 22.7 Å². The number of carbonyl (C=O) groups is 1. The standard InChI is InChI=1S/C19H22ClNO5S/c1-19(2,3)13-4-6-14(7-5-13)25-10-11-26-18(22)16-12-15(27(21,23)24)8-9-17(16)20/h4-9,12H,10-11H2,1-3H3,(H2,21,23,24). The van der Waals surface area contributed by atoms with Gasteiger partial charge in [-0.25, -0.2) is 18.4 Å². The molecule has 6 nitrogen and oxygen atoms in total. The van der Waals surface area contributed by atoms with Gasteiger partial charge < -0.3 is 9.47 Å². The minimum absolute atomic E-state index is 0.0181. The van der Waals surface area contributed by atoms with Crippen LogP contribution in [0.1, 0.15) is 36.7 Å². The zero-order valence-electron chi connectivity index (χ0n) is 15.4. The Balaban J connectivity index is 1.91. The van der Waals surface area contributed by atoms with Crippen LogP contribution in [0.3, 0.4) is 0 Å². The lowest BCUT2D eigenvalue weighted by molar-refractivity contribution is 0.0450. The summed E-state index contributed by atoms with van der Waals surface area (Å²) in [4.78, 5) is 11.9. The topological polar surface area (TPSA) is 95.7 Å². The van der Waals surface area contributed by atoms with E-state index < -0.39 is 16.0 Å². The number of esters is 1. The number of ether oxygens (including phenoxy) is 2. The summed E-state index contributed by atoms with van der Waals surface area (Å²) in [5.74, 6) is -0.0921. The van der Waals surface area contributed by atoms with Gasteiger partial charge in [-0.2, -0.15) is 0 Å². The molecular formula is C19H22ClNO5S. The van der Waals surface area contributed by atoms with E-state index in [-0.39, 0.29) is 34.1 Å². The van der Waals surface area contributed by atoms with E-state index in [1.54, 1.807) is 0 Å². The van der Waals surface area contributed by atoms with Crippen molar-refractivity contribution in [2.24, 2.45) is 5.14 Å². The Morgan fingerprint density at radius 3 is 2.26 bits per heavy atom. The Hall–Kier alpha value is -2.09. The molecule has 2 rings (SSSR count). The first-order chi connectivity index (χ1) is 12.5. The first-order valence-electron chi connectivity index (χ1n) is 8.21. The van der Waals surface area contributed by atoms with Crippen LogP contribution in [0.4, 0.5) is 0 Å². The number of rotatable bonds is 6. The zero-order chi connectivity index (χ0) is 20.2. The highest BCUT2D eigenvalue weighted by molar-refractivity contribution is 7.89.